The Hall–Kier alpha value is -5.61. The van der Waals surface area contributed by atoms with E-state index < -0.39 is 91.5 Å². The second-order valence-corrected chi connectivity index (χ2v) is 32.9. The van der Waals surface area contributed by atoms with Crippen LogP contribution in [-0.2, 0) is 55.8 Å². The summed E-state index contributed by atoms with van der Waals surface area (Å²) in [6.45, 7) is 2.34. The fourth-order valence-corrected chi connectivity index (χ4v) is 13.6. The number of aliphatic hydroxyl groups is 2. The van der Waals surface area contributed by atoms with Crippen molar-refractivity contribution in [2.45, 2.75) is 373 Å². The topological polar surface area (TPSA) is 231 Å². The third-order valence-electron chi connectivity index (χ3n) is 18.8. The van der Waals surface area contributed by atoms with E-state index in [0.29, 0.717) is 19.3 Å². The van der Waals surface area contributed by atoms with E-state index in [0.717, 1.165) is 199 Å². The number of allylic oxidation sites excluding steroid dienone is 32. The highest BCUT2D eigenvalue weighted by molar-refractivity contribution is 7.47. The number of unbranched alkanes of at least 4 members (excludes halogenated alkanes) is 30. The normalized spacial score (nSPS) is 14.7. The van der Waals surface area contributed by atoms with Crippen LogP contribution in [0.25, 0.3) is 0 Å². The highest BCUT2D eigenvalue weighted by Crippen LogP contribution is 2.45. The van der Waals surface area contributed by atoms with Gasteiger partial charge in [-0.05, 0) is 161 Å². The van der Waals surface area contributed by atoms with Crippen molar-refractivity contribution < 1.29 is 75.8 Å². The van der Waals surface area contributed by atoms with Gasteiger partial charge in [-0.15, -0.1) is 0 Å². The summed E-state index contributed by atoms with van der Waals surface area (Å²) < 4.78 is 61.4. The quantitative estimate of drug-likeness (QED) is 0.0146. The Morgan fingerprint density at radius 2 is 0.427 bits per heavy atom. The summed E-state index contributed by atoms with van der Waals surface area (Å²) in [6.07, 6.45) is 119. The van der Waals surface area contributed by atoms with Gasteiger partial charge in [-0.2, -0.15) is 0 Å². The van der Waals surface area contributed by atoms with E-state index in [1.165, 1.54) is 96.3 Å². The molecule has 0 aromatic heterocycles. The van der Waals surface area contributed by atoms with Gasteiger partial charge in [-0.3, -0.25) is 32.5 Å². The summed E-state index contributed by atoms with van der Waals surface area (Å²) in [4.78, 5) is 59.0. The maximum atomic E-state index is 13.1. The molecule has 117 heavy (non-hydrogen) atoms. The lowest BCUT2D eigenvalue weighted by Gasteiger charge is -2.21. The van der Waals surface area contributed by atoms with Crippen molar-refractivity contribution in [3.05, 3.63) is 194 Å². The molecule has 5 atom stereocenters. The van der Waals surface area contributed by atoms with E-state index in [1.54, 1.807) is 0 Å². The Labute approximate surface area is 712 Å². The van der Waals surface area contributed by atoms with E-state index in [4.69, 9.17) is 32.3 Å². The molecule has 0 rings (SSSR count). The zero-order chi connectivity index (χ0) is 85.1. The Kier molecular flexibility index (Phi) is 85.3. The van der Waals surface area contributed by atoms with Crippen LogP contribution in [-0.4, -0.2) is 95.9 Å². The largest absolute Gasteiger partial charge is 0.472 e. The fraction of sp³-hybridized carbons (Fsp3) is 0.646. The number of phosphoric acid groups is 2. The van der Waals surface area contributed by atoms with Gasteiger partial charge in [0, 0.05) is 19.3 Å². The minimum Gasteiger partial charge on any atom is -0.463 e. The number of hydrogen-bond donors (Lipinski definition) is 4. The molecule has 0 aliphatic rings. The number of phosphoric ester groups is 2. The van der Waals surface area contributed by atoms with Gasteiger partial charge in [0.05, 0.1) is 26.4 Å². The average molecular weight is 1670 g/mol. The lowest BCUT2D eigenvalue weighted by molar-refractivity contribution is -0.161. The van der Waals surface area contributed by atoms with Crippen LogP contribution in [0.4, 0.5) is 0 Å². The summed E-state index contributed by atoms with van der Waals surface area (Å²) in [6, 6.07) is 0. The third-order valence-corrected chi connectivity index (χ3v) is 20.7. The van der Waals surface area contributed by atoms with Gasteiger partial charge in [0.2, 0.25) is 0 Å². The van der Waals surface area contributed by atoms with Gasteiger partial charge in [0.1, 0.15) is 25.4 Å². The maximum absolute atomic E-state index is 13.1. The van der Waals surface area contributed by atoms with Crippen LogP contribution in [0, 0.1) is 0 Å². The molecule has 0 fully saturated rings. The third kappa shape index (κ3) is 91.0. The molecule has 0 bridgehead atoms. The monoisotopic (exact) mass is 1670 g/mol. The molecule has 0 aromatic carbocycles. The molecular formula is C99H164O16P2. The highest BCUT2D eigenvalue weighted by atomic mass is 31.2. The number of esters is 3. The summed E-state index contributed by atoms with van der Waals surface area (Å²) in [5.41, 5.74) is 0. The summed E-state index contributed by atoms with van der Waals surface area (Å²) in [7, 11) is -9.82. The minimum absolute atomic E-state index is 0.0817. The van der Waals surface area contributed by atoms with Crippen LogP contribution in [0.1, 0.15) is 355 Å². The van der Waals surface area contributed by atoms with Crippen LogP contribution in [0.5, 0.6) is 0 Å². The SMILES string of the molecule is CC/C=C\C/C=C\C/C=C\C/C=C\C/C=C\C/C=C\CCCCCCCCCCCCCCCCC(=O)OCC(O)COP(=O)(O)OCC(O)COP(=O)(O)OCC(COC(=O)CCCCCCCCCCCC/C=C\C/C=C\C/C=C\C/C=C\C/C=C\C/C=C\CC)OC(=O)CCCCCCCC/C=C\C/C=C\C/C=C\C/C=C\CC. The second kappa shape index (κ2) is 89.6. The molecule has 0 aliphatic heterocycles. The first kappa shape index (κ1) is 111. The van der Waals surface area contributed by atoms with Gasteiger partial charge in [-0.1, -0.05) is 369 Å². The molecule has 666 valence electrons. The molecule has 0 heterocycles. The van der Waals surface area contributed by atoms with E-state index >= 15 is 0 Å². The van der Waals surface area contributed by atoms with E-state index in [-0.39, 0.29) is 19.3 Å². The first-order chi connectivity index (χ1) is 57.2. The van der Waals surface area contributed by atoms with Crippen molar-refractivity contribution in [1.82, 2.24) is 0 Å². The zero-order valence-electron chi connectivity index (χ0n) is 73.3. The predicted molar refractivity (Wildman–Crippen MR) is 491 cm³/mol. The van der Waals surface area contributed by atoms with Crippen LogP contribution >= 0.6 is 15.6 Å². The lowest BCUT2D eigenvalue weighted by Crippen LogP contribution is -2.30. The number of carbonyl (C=O) groups excluding carboxylic acids is 3. The van der Waals surface area contributed by atoms with Crippen LogP contribution in [0.15, 0.2) is 194 Å². The maximum Gasteiger partial charge on any atom is 0.472 e. The minimum atomic E-state index is -4.95. The molecule has 0 saturated carbocycles. The van der Waals surface area contributed by atoms with Crippen molar-refractivity contribution in [3.8, 4) is 0 Å². The molecule has 4 N–H and O–H groups in total. The molecular weight excluding hydrogens is 1510 g/mol. The molecule has 0 spiro atoms. The Morgan fingerprint density at radius 3 is 0.675 bits per heavy atom. The molecule has 18 heteroatoms. The molecule has 0 amide bonds. The molecule has 5 unspecified atom stereocenters. The summed E-state index contributed by atoms with van der Waals surface area (Å²) in [5.74, 6) is -1.60. The number of ether oxygens (including phenoxy) is 3. The summed E-state index contributed by atoms with van der Waals surface area (Å²) >= 11 is 0. The van der Waals surface area contributed by atoms with Crippen molar-refractivity contribution in [2.75, 3.05) is 39.6 Å². The number of rotatable bonds is 85. The average Bonchev–Trinajstić information content (AvgIpc) is 0.901. The van der Waals surface area contributed by atoms with Crippen molar-refractivity contribution in [2.24, 2.45) is 0 Å². The van der Waals surface area contributed by atoms with E-state index in [2.05, 4.69) is 215 Å². The number of hydrogen-bond acceptors (Lipinski definition) is 14. The molecule has 16 nitrogen and oxygen atoms in total. The van der Waals surface area contributed by atoms with Crippen LogP contribution in [0.3, 0.4) is 0 Å². The van der Waals surface area contributed by atoms with Gasteiger partial charge in [0.15, 0.2) is 6.10 Å². The lowest BCUT2D eigenvalue weighted by atomic mass is 10.0. The van der Waals surface area contributed by atoms with Crippen LogP contribution < -0.4 is 0 Å². The van der Waals surface area contributed by atoms with Gasteiger partial charge in [-0.25, -0.2) is 9.13 Å². The van der Waals surface area contributed by atoms with Crippen molar-refractivity contribution >= 4 is 33.6 Å². The molecule has 0 radical (unpaired) electrons. The van der Waals surface area contributed by atoms with Gasteiger partial charge < -0.3 is 34.2 Å². The first-order valence-electron chi connectivity index (χ1n) is 45.7. The highest BCUT2D eigenvalue weighted by Gasteiger charge is 2.29. The second-order valence-electron chi connectivity index (χ2n) is 30.0. The van der Waals surface area contributed by atoms with E-state index in [1.807, 2.05) is 0 Å². The predicted octanol–water partition coefficient (Wildman–Crippen LogP) is 28.2. The zero-order valence-corrected chi connectivity index (χ0v) is 75.1. The van der Waals surface area contributed by atoms with Crippen LogP contribution in [0.2, 0.25) is 0 Å². The van der Waals surface area contributed by atoms with E-state index in [9.17, 15) is 43.5 Å². The molecule has 0 aliphatic carbocycles. The smallest absolute Gasteiger partial charge is 0.463 e. The van der Waals surface area contributed by atoms with Gasteiger partial charge in [0.25, 0.3) is 0 Å². The Bertz CT molecular complexity index is 2910. The van der Waals surface area contributed by atoms with Crippen molar-refractivity contribution in [3.63, 3.8) is 0 Å². The van der Waals surface area contributed by atoms with Crippen molar-refractivity contribution in [1.29, 1.82) is 0 Å². The number of carbonyl (C=O) groups is 3. The van der Waals surface area contributed by atoms with Gasteiger partial charge >= 0.3 is 33.6 Å². The molecule has 0 saturated heterocycles. The fourth-order valence-electron chi connectivity index (χ4n) is 12.0. The standard InChI is InChI=1S/C99H164O16P2/c1-4-7-10-13-16-19-22-25-28-31-34-36-38-40-42-44-45-46-47-49-51-52-54-56-59-61-64-67-70-73-76-79-82-85-97(102)109-88-94(100)89-111-116(105,106)112-90-95(101)91-113-117(107,108)114-93-96(115-99(104)87-84-81-78-75-72-69-66-63-58-33-30-27-24-21-18-15-12-9-6-3)92-110-98(103)86-83-80-77-74-71-68-65-62-60-57-55-53-50-48-43-41-39-37-35-32-29-26-23-20-17-14-11-8-5-2/h7-12,16-21,25-30,34-37,40-43,45-46,50,53,58,63,94-96,100-101H,4-6,13-15,22-24,31-33,38-39,44,47-49,51-52,54-57,59-62,64-93H2,1-3H3,(H,105,106)(H,107,108)/b10-7-,11-8-,12-9-,19-16-,20-17-,21-18-,28-25-,29-26-,30-27-,36-34-,37-35-,42-40-,43-41-,46-45-,53-50-,63-58-. The summed E-state index contributed by atoms with van der Waals surface area (Å²) in [5, 5.41) is 20.7. The molecule has 0 aromatic rings. The number of aliphatic hydroxyl groups excluding tert-OH is 2. The first-order valence-corrected chi connectivity index (χ1v) is 48.7. The Morgan fingerprint density at radius 1 is 0.239 bits per heavy atom. The Balaban J connectivity index is 4.57.